The molecule has 22 heavy (non-hydrogen) atoms. The number of phenols is 2. The van der Waals surface area contributed by atoms with Crippen LogP contribution in [0.2, 0.25) is 0 Å². The molecule has 2 N–H and O–H groups in total. The average Bonchev–Trinajstić information content (AvgIpc) is 2.74. The van der Waals surface area contributed by atoms with Gasteiger partial charge in [-0.1, -0.05) is 0 Å². The molecule has 4 rings (SSSR count). The van der Waals surface area contributed by atoms with Crippen molar-refractivity contribution in [3.63, 3.8) is 0 Å². The highest BCUT2D eigenvalue weighted by Crippen LogP contribution is 2.55. The molecule has 0 radical (unpaired) electrons. The first-order valence-corrected chi connectivity index (χ1v) is 6.77. The smallest absolute Gasteiger partial charge is 0.332 e. The fourth-order valence-corrected chi connectivity index (χ4v) is 3.11. The second-order valence-electron chi connectivity index (χ2n) is 5.39. The maximum Gasteiger partial charge on any atom is 0.332 e. The lowest BCUT2D eigenvalue weighted by atomic mass is 9.79. The van der Waals surface area contributed by atoms with Crippen molar-refractivity contribution in [1.82, 2.24) is 0 Å². The summed E-state index contributed by atoms with van der Waals surface area (Å²) >= 11 is 0. The van der Waals surface area contributed by atoms with Crippen molar-refractivity contribution in [3.8, 4) is 23.0 Å². The Morgan fingerprint density at radius 2 is 1.50 bits per heavy atom. The van der Waals surface area contributed by atoms with Crippen molar-refractivity contribution < 1.29 is 24.5 Å². The highest BCUT2D eigenvalue weighted by Gasteiger charge is 2.50. The maximum atomic E-state index is 11.8. The van der Waals surface area contributed by atoms with E-state index in [2.05, 4.69) is 0 Å². The fraction of sp³-hybridized carbons (Fsp3) is 0.118. The van der Waals surface area contributed by atoms with Gasteiger partial charge >= 0.3 is 5.97 Å². The van der Waals surface area contributed by atoms with E-state index in [0.717, 1.165) is 5.57 Å². The van der Waals surface area contributed by atoms with Crippen LogP contribution in [-0.4, -0.2) is 16.2 Å². The van der Waals surface area contributed by atoms with Gasteiger partial charge in [-0.05, 0) is 36.8 Å². The molecule has 2 aromatic rings. The zero-order valence-electron chi connectivity index (χ0n) is 11.7. The molecular formula is C17H12O5. The highest BCUT2D eigenvalue weighted by molar-refractivity contribution is 5.89. The van der Waals surface area contributed by atoms with Crippen molar-refractivity contribution in [2.24, 2.45) is 0 Å². The SMILES string of the molecule is CC1=CC(=O)OC12c1ccc(O)cc1Oc1cc(O)ccc12. The van der Waals surface area contributed by atoms with Gasteiger partial charge in [-0.3, -0.25) is 0 Å². The van der Waals surface area contributed by atoms with Crippen LogP contribution in [0.1, 0.15) is 18.1 Å². The number of benzene rings is 2. The summed E-state index contributed by atoms with van der Waals surface area (Å²) in [5, 5.41) is 19.4. The Hall–Kier alpha value is -2.95. The molecule has 0 fully saturated rings. The molecule has 2 aliphatic heterocycles. The summed E-state index contributed by atoms with van der Waals surface area (Å²) in [4.78, 5) is 11.8. The zero-order chi connectivity index (χ0) is 15.5. The van der Waals surface area contributed by atoms with E-state index in [-0.39, 0.29) is 11.5 Å². The van der Waals surface area contributed by atoms with Gasteiger partial charge in [0.15, 0.2) is 5.60 Å². The standard InChI is InChI=1S/C17H12O5/c1-9-6-16(20)22-17(9)12-4-2-10(18)7-14(12)21-15-8-11(19)3-5-13(15)17/h2-8,18-19H,1H3. The molecule has 5 heteroatoms. The lowest BCUT2D eigenvalue weighted by Crippen LogP contribution is -2.33. The summed E-state index contributed by atoms with van der Waals surface area (Å²) in [6.45, 7) is 1.81. The molecule has 0 aliphatic carbocycles. The highest BCUT2D eigenvalue weighted by atomic mass is 16.6. The lowest BCUT2D eigenvalue weighted by Gasteiger charge is -2.37. The van der Waals surface area contributed by atoms with E-state index in [1.165, 1.54) is 30.3 Å². The Kier molecular flexibility index (Phi) is 2.34. The van der Waals surface area contributed by atoms with Crippen LogP contribution in [0, 0.1) is 0 Å². The van der Waals surface area contributed by atoms with Crippen LogP contribution in [-0.2, 0) is 15.1 Å². The van der Waals surface area contributed by atoms with Crippen molar-refractivity contribution in [2.75, 3.05) is 0 Å². The molecule has 5 nitrogen and oxygen atoms in total. The molecule has 0 saturated carbocycles. The van der Waals surface area contributed by atoms with Gasteiger partial charge < -0.3 is 19.7 Å². The van der Waals surface area contributed by atoms with E-state index in [4.69, 9.17) is 9.47 Å². The van der Waals surface area contributed by atoms with Gasteiger partial charge in [0.25, 0.3) is 0 Å². The molecule has 0 bridgehead atoms. The minimum atomic E-state index is -1.08. The fourth-order valence-electron chi connectivity index (χ4n) is 3.11. The number of aromatic hydroxyl groups is 2. The quantitative estimate of drug-likeness (QED) is 0.731. The molecule has 0 saturated heterocycles. The van der Waals surface area contributed by atoms with Crippen LogP contribution in [0.4, 0.5) is 0 Å². The second kappa shape index (κ2) is 4.04. The Bertz CT molecular complexity index is 799. The van der Waals surface area contributed by atoms with Gasteiger partial charge in [-0.25, -0.2) is 4.79 Å². The Balaban J connectivity index is 2.07. The number of carbonyl (C=O) groups excluding carboxylic acids is 1. The van der Waals surface area contributed by atoms with Crippen LogP contribution in [0.25, 0.3) is 0 Å². The van der Waals surface area contributed by atoms with Crippen LogP contribution in [0.3, 0.4) is 0 Å². The van der Waals surface area contributed by atoms with Gasteiger partial charge in [-0.2, -0.15) is 0 Å². The van der Waals surface area contributed by atoms with Crippen LogP contribution >= 0.6 is 0 Å². The molecular weight excluding hydrogens is 284 g/mol. The van der Waals surface area contributed by atoms with E-state index in [0.29, 0.717) is 22.6 Å². The first-order chi connectivity index (χ1) is 10.5. The predicted molar refractivity (Wildman–Crippen MR) is 76.9 cm³/mol. The topological polar surface area (TPSA) is 76.0 Å². The number of ether oxygens (including phenoxy) is 2. The molecule has 2 aliphatic rings. The van der Waals surface area contributed by atoms with Crippen LogP contribution in [0.15, 0.2) is 48.0 Å². The lowest BCUT2D eigenvalue weighted by molar-refractivity contribution is -0.144. The average molecular weight is 296 g/mol. The third-order valence-electron chi connectivity index (χ3n) is 4.05. The van der Waals surface area contributed by atoms with Gasteiger partial charge in [-0.15, -0.1) is 0 Å². The summed E-state index contributed by atoms with van der Waals surface area (Å²) in [7, 11) is 0. The van der Waals surface area contributed by atoms with E-state index in [1.807, 2.05) is 6.92 Å². The first kappa shape index (κ1) is 12.8. The minimum Gasteiger partial charge on any atom is -0.508 e. The summed E-state index contributed by atoms with van der Waals surface area (Å²) < 4.78 is 11.4. The van der Waals surface area contributed by atoms with Crippen LogP contribution < -0.4 is 4.74 Å². The third kappa shape index (κ3) is 1.50. The van der Waals surface area contributed by atoms with Crippen molar-refractivity contribution >= 4 is 5.97 Å². The summed E-state index contributed by atoms with van der Waals surface area (Å²) in [6.07, 6.45) is 1.44. The molecule has 0 aromatic heterocycles. The number of carbonyl (C=O) groups is 1. The molecule has 1 spiro atoms. The molecule has 2 heterocycles. The Labute approximate surface area is 126 Å². The molecule has 2 aromatic carbocycles. The van der Waals surface area contributed by atoms with Crippen molar-refractivity contribution in [2.45, 2.75) is 12.5 Å². The largest absolute Gasteiger partial charge is 0.508 e. The summed E-state index contributed by atoms with van der Waals surface area (Å²) in [6, 6.07) is 9.32. The van der Waals surface area contributed by atoms with Gasteiger partial charge in [0.2, 0.25) is 0 Å². The minimum absolute atomic E-state index is 0.0449. The monoisotopic (exact) mass is 296 g/mol. The normalized spacial score (nSPS) is 17.3. The van der Waals surface area contributed by atoms with E-state index in [9.17, 15) is 15.0 Å². The summed E-state index contributed by atoms with van der Waals surface area (Å²) in [5.74, 6) is 0.436. The van der Waals surface area contributed by atoms with Crippen molar-refractivity contribution in [3.05, 3.63) is 59.2 Å². The number of esters is 1. The number of fused-ring (bicyclic) bond motifs is 4. The van der Waals surface area contributed by atoms with Crippen molar-refractivity contribution in [1.29, 1.82) is 0 Å². The van der Waals surface area contributed by atoms with E-state index >= 15 is 0 Å². The number of hydrogen-bond acceptors (Lipinski definition) is 5. The number of hydrogen-bond donors (Lipinski definition) is 2. The van der Waals surface area contributed by atoms with Crippen LogP contribution in [0.5, 0.6) is 23.0 Å². The second-order valence-corrected chi connectivity index (χ2v) is 5.39. The number of rotatable bonds is 0. The maximum absolute atomic E-state index is 11.8. The molecule has 0 amide bonds. The van der Waals surface area contributed by atoms with Gasteiger partial charge in [0, 0.05) is 29.3 Å². The predicted octanol–water partition coefficient (Wildman–Crippen LogP) is 2.95. The molecule has 0 atom stereocenters. The van der Waals surface area contributed by atoms with Gasteiger partial charge in [0.1, 0.15) is 23.0 Å². The third-order valence-corrected chi connectivity index (χ3v) is 4.05. The summed E-state index contributed by atoms with van der Waals surface area (Å²) in [5.41, 5.74) is 0.923. The Morgan fingerprint density at radius 1 is 0.955 bits per heavy atom. The van der Waals surface area contributed by atoms with E-state index in [1.54, 1.807) is 12.1 Å². The number of phenolic OH excluding ortho intramolecular Hbond substituents is 2. The molecule has 0 unspecified atom stereocenters. The first-order valence-electron chi connectivity index (χ1n) is 6.77. The van der Waals surface area contributed by atoms with Gasteiger partial charge in [0.05, 0.1) is 0 Å². The zero-order valence-corrected chi connectivity index (χ0v) is 11.7. The Morgan fingerprint density at radius 3 is 1.95 bits per heavy atom. The molecule has 110 valence electrons. The van der Waals surface area contributed by atoms with E-state index < -0.39 is 11.6 Å².